The molecular weight excluding hydrogens is 424 g/mol. The first-order chi connectivity index (χ1) is 15.9. The van der Waals surface area contributed by atoms with Crippen molar-refractivity contribution >= 4 is 18.0 Å². The Morgan fingerprint density at radius 3 is 2.27 bits per heavy atom. The lowest BCUT2D eigenvalue weighted by atomic mass is 9.98. The highest BCUT2D eigenvalue weighted by molar-refractivity contribution is 5.84. The third-order valence-electron chi connectivity index (χ3n) is 6.64. The summed E-state index contributed by atoms with van der Waals surface area (Å²) in [4.78, 5) is 38.0. The Kier molecular flexibility index (Phi) is 6.37. The molecule has 2 unspecified atom stereocenters. The molecule has 2 aliphatic rings. The monoisotopic (exact) mass is 452 g/mol. The van der Waals surface area contributed by atoms with Gasteiger partial charge >= 0.3 is 12.1 Å². The van der Waals surface area contributed by atoms with E-state index >= 15 is 0 Å². The normalized spacial score (nSPS) is 20.1. The molecule has 1 fully saturated rings. The van der Waals surface area contributed by atoms with E-state index in [2.05, 4.69) is 29.6 Å². The van der Waals surface area contributed by atoms with E-state index < -0.39 is 23.6 Å². The van der Waals surface area contributed by atoms with Crippen molar-refractivity contribution in [3.63, 3.8) is 0 Å². The van der Waals surface area contributed by atoms with Crippen molar-refractivity contribution in [1.29, 1.82) is 0 Å². The molecule has 1 aliphatic carbocycles. The average molecular weight is 453 g/mol. The Bertz CT molecular complexity index is 1020. The second kappa shape index (κ2) is 9.23. The van der Waals surface area contributed by atoms with E-state index in [0.29, 0.717) is 6.54 Å². The number of carbonyl (C=O) groups is 3. The fourth-order valence-corrected chi connectivity index (χ4v) is 4.68. The van der Waals surface area contributed by atoms with Crippen LogP contribution >= 0.6 is 0 Å². The molecule has 2 N–H and O–H groups in total. The summed E-state index contributed by atoms with van der Waals surface area (Å²) in [5.74, 6) is -1.87. The maximum atomic E-state index is 12.7. The third-order valence-corrected chi connectivity index (χ3v) is 6.64. The summed E-state index contributed by atoms with van der Waals surface area (Å²) in [5, 5.41) is 12.1. The summed E-state index contributed by atoms with van der Waals surface area (Å²) in [6.07, 6.45) is -0.355. The van der Waals surface area contributed by atoms with Gasteiger partial charge in [0.1, 0.15) is 6.61 Å². The van der Waals surface area contributed by atoms with Crippen LogP contribution in [0.15, 0.2) is 48.5 Å². The van der Waals surface area contributed by atoms with E-state index in [1.165, 1.54) is 12.0 Å². The van der Waals surface area contributed by atoms with E-state index in [1.54, 1.807) is 6.92 Å². The second-order valence-electron chi connectivity index (χ2n) is 8.62. The Hall–Kier alpha value is -3.39. The molecule has 1 aliphatic heterocycles. The van der Waals surface area contributed by atoms with Crippen LogP contribution in [0, 0.1) is 5.92 Å². The summed E-state index contributed by atoms with van der Waals surface area (Å²) < 4.78 is 10.7. The number of nitrogens with zero attached hydrogens (tertiary/aromatic N) is 1. The van der Waals surface area contributed by atoms with Gasteiger partial charge in [0, 0.05) is 32.5 Å². The van der Waals surface area contributed by atoms with Crippen LogP contribution in [0.25, 0.3) is 11.1 Å². The molecule has 2 aromatic rings. The number of hydrogen-bond donors (Lipinski definition) is 2. The van der Waals surface area contributed by atoms with Crippen LogP contribution < -0.4 is 5.32 Å². The standard InChI is InChI=1S/C25H28N2O6/c1-16(22(28)27-12-11-25(15-27,32-2)23(29)30)13-26-24(31)33-14-21-19-9-5-3-7-17(19)18-8-4-6-10-20(18)21/h3-10,16,21H,11-15H2,1-2H3,(H,26,31)(H,29,30). The molecule has 33 heavy (non-hydrogen) atoms. The number of benzene rings is 2. The highest BCUT2D eigenvalue weighted by Crippen LogP contribution is 2.44. The van der Waals surface area contributed by atoms with E-state index in [4.69, 9.17) is 9.47 Å². The minimum Gasteiger partial charge on any atom is -0.479 e. The van der Waals surface area contributed by atoms with Gasteiger partial charge in [0.05, 0.1) is 12.5 Å². The van der Waals surface area contributed by atoms with Crippen LogP contribution in [-0.2, 0) is 19.1 Å². The molecule has 2 amide bonds. The highest BCUT2D eigenvalue weighted by atomic mass is 16.5. The molecule has 0 spiro atoms. The lowest BCUT2D eigenvalue weighted by molar-refractivity contribution is -0.161. The van der Waals surface area contributed by atoms with E-state index in [1.807, 2.05) is 24.3 Å². The first kappa shape index (κ1) is 22.8. The largest absolute Gasteiger partial charge is 0.479 e. The van der Waals surface area contributed by atoms with Crippen molar-refractivity contribution in [1.82, 2.24) is 10.2 Å². The molecule has 2 atom stereocenters. The molecule has 0 bridgehead atoms. The number of methoxy groups -OCH3 is 1. The van der Waals surface area contributed by atoms with Gasteiger partial charge in [0.2, 0.25) is 5.91 Å². The molecule has 0 radical (unpaired) electrons. The van der Waals surface area contributed by atoms with Gasteiger partial charge in [0.15, 0.2) is 5.60 Å². The molecule has 0 aromatic heterocycles. The van der Waals surface area contributed by atoms with Gasteiger partial charge < -0.3 is 24.8 Å². The number of amides is 2. The summed E-state index contributed by atoms with van der Waals surface area (Å²) >= 11 is 0. The third kappa shape index (κ3) is 4.30. The van der Waals surface area contributed by atoms with Crippen LogP contribution in [0.1, 0.15) is 30.4 Å². The molecular formula is C25H28N2O6. The zero-order valence-corrected chi connectivity index (χ0v) is 18.7. The number of fused-ring (bicyclic) bond motifs is 3. The number of carbonyl (C=O) groups excluding carboxylic acids is 2. The summed E-state index contributed by atoms with van der Waals surface area (Å²) in [5.41, 5.74) is 3.20. The zero-order valence-electron chi connectivity index (χ0n) is 18.7. The van der Waals surface area contributed by atoms with Crippen LogP contribution in [0.5, 0.6) is 0 Å². The number of rotatable bonds is 7. The van der Waals surface area contributed by atoms with E-state index in [9.17, 15) is 19.5 Å². The van der Waals surface area contributed by atoms with E-state index in [0.717, 1.165) is 22.3 Å². The van der Waals surface area contributed by atoms with E-state index in [-0.39, 0.29) is 37.9 Å². The number of carboxylic acids is 1. The van der Waals surface area contributed by atoms with Crippen LogP contribution in [0.3, 0.4) is 0 Å². The lowest BCUT2D eigenvalue weighted by Crippen LogP contribution is -2.46. The van der Waals surface area contributed by atoms with Crippen molar-refractivity contribution in [2.75, 3.05) is 33.4 Å². The Balaban J connectivity index is 1.30. The fraction of sp³-hybridized carbons (Fsp3) is 0.400. The van der Waals surface area contributed by atoms with Gasteiger partial charge in [0.25, 0.3) is 0 Å². The van der Waals surface area contributed by atoms with Gasteiger partial charge in [-0.25, -0.2) is 9.59 Å². The van der Waals surface area contributed by atoms with Crippen LogP contribution in [0.4, 0.5) is 4.79 Å². The number of carboxylic acid groups (broad SMARTS) is 1. The average Bonchev–Trinajstić information content (AvgIpc) is 3.41. The Morgan fingerprint density at radius 2 is 1.73 bits per heavy atom. The van der Waals surface area contributed by atoms with Crippen molar-refractivity contribution in [2.24, 2.45) is 5.92 Å². The van der Waals surface area contributed by atoms with Crippen LogP contribution in [0.2, 0.25) is 0 Å². The van der Waals surface area contributed by atoms with Crippen molar-refractivity contribution < 1.29 is 29.0 Å². The minimum absolute atomic E-state index is 0.00699. The summed E-state index contributed by atoms with van der Waals surface area (Å²) in [7, 11) is 1.34. The molecule has 1 saturated heterocycles. The maximum Gasteiger partial charge on any atom is 0.407 e. The topological polar surface area (TPSA) is 105 Å². The van der Waals surface area contributed by atoms with Crippen molar-refractivity contribution in [3.05, 3.63) is 59.7 Å². The molecule has 0 saturated carbocycles. The van der Waals surface area contributed by atoms with Gasteiger partial charge in [-0.1, -0.05) is 55.5 Å². The first-order valence-corrected chi connectivity index (χ1v) is 11.0. The molecule has 2 aromatic carbocycles. The second-order valence-corrected chi connectivity index (χ2v) is 8.62. The summed E-state index contributed by atoms with van der Waals surface area (Å²) in [6.45, 7) is 2.28. The number of nitrogens with one attached hydrogen (secondary N) is 1. The maximum absolute atomic E-state index is 12.7. The minimum atomic E-state index is -1.37. The first-order valence-electron chi connectivity index (χ1n) is 11.0. The Labute approximate surface area is 192 Å². The number of alkyl carbamates (subject to hydrolysis) is 1. The molecule has 4 rings (SSSR count). The predicted molar refractivity (Wildman–Crippen MR) is 121 cm³/mol. The molecule has 8 heteroatoms. The van der Waals surface area contributed by atoms with Gasteiger partial charge in [-0.05, 0) is 22.3 Å². The van der Waals surface area contributed by atoms with Gasteiger partial charge in [-0.2, -0.15) is 0 Å². The quantitative estimate of drug-likeness (QED) is 0.669. The number of ether oxygens (including phenoxy) is 2. The number of aliphatic carboxylic acids is 1. The van der Waals surface area contributed by atoms with Crippen molar-refractivity contribution in [3.8, 4) is 11.1 Å². The zero-order chi connectivity index (χ0) is 23.6. The highest BCUT2D eigenvalue weighted by Gasteiger charge is 2.47. The SMILES string of the molecule is COC1(C(=O)O)CCN(C(=O)C(C)CNC(=O)OCC2c3ccccc3-c3ccccc32)C1. The number of hydrogen-bond acceptors (Lipinski definition) is 5. The van der Waals surface area contributed by atoms with Gasteiger partial charge in [-0.15, -0.1) is 0 Å². The van der Waals surface area contributed by atoms with Gasteiger partial charge in [-0.3, -0.25) is 4.79 Å². The molecule has 8 nitrogen and oxygen atoms in total. The summed E-state index contributed by atoms with van der Waals surface area (Å²) in [6, 6.07) is 16.2. The lowest BCUT2D eigenvalue weighted by Gasteiger charge is -2.25. The van der Waals surface area contributed by atoms with Crippen molar-refractivity contribution in [2.45, 2.75) is 24.9 Å². The number of likely N-dealkylation sites (tertiary alicyclic amines) is 1. The molecule has 1 heterocycles. The fourth-order valence-electron chi connectivity index (χ4n) is 4.68. The Morgan fingerprint density at radius 1 is 1.12 bits per heavy atom. The molecule has 174 valence electrons. The predicted octanol–water partition coefficient (Wildman–Crippen LogP) is 2.86. The van der Waals surface area contributed by atoms with Crippen LogP contribution in [-0.4, -0.2) is 66.9 Å². The smallest absolute Gasteiger partial charge is 0.407 e.